The van der Waals surface area contributed by atoms with Crippen molar-refractivity contribution in [3.63, 3.8) is 0 Å². The van der Waals surface area contributed by atoms with Crippen molar-refractivity contribution in [1.82, 2.24) is 5.32 Å². The molecule has 2 N–H and O–H groups in total. The number of halogens is 1. The molecule has 120 valence electrons. The Morgan fingerprint density at radius 2 is 2.00 bits per heavy atom. The molecular formula is C16H20ClNO4. The molecule has 2 rings (SSSR count). The van der Waals surface area contributed by atoms with Crippen LogP contribution in [0.2, 0.25) is 5.02 Å². The van der Waals surface area contributed by atoms with Crippen LogP contribution in [0.5, 0.6) is 0 Å². The average Bonchev–Trinajstić information content (AvgIpc) is 2.47. The SMILES string of the molecule is CC1(C(=O)NC(CC(=O)O)c2ccccc2Cl)CCOCC1. The molecule has 6 heteroatoms. The number of aliphatic carboxylic acids is 1. The van der Waals surface area contributed by atoms with E-state index in [-0.39, 0.29) is 12.3 Å². The number of carboxylic acid groups (broad SMARTS) is 1. The van der Waals surface area contributed by atoms with Crippen LogP contribution in [0.3, 0.4) is 0 Å². The number of amides is 1. The molecule has 0 aromatic heterocycles. The van der Waals surface area contributed by atoms with Gasteiger partial charge in [-0.1, -0.05) is 36.7 Å². The Morgan fingerprint density at radius 1 is 1.36 bits per heavy atom. The van der Waals surface area contributed by atoms with Crippen LogP contribution in [-0.4, -0.2) is 30.2 Å². The molecule has 1 aliphatic rings. The van der Waals surface area contributed by atoms with Gasteiger partial charge in [-0.25, -0.2) is 0 Å². The van der Waals surface area contributed by atoms with E-state index < -0.39 is 17.4 Å². The minimum atomic E-state index is -0.984. The molecule has 1 aliphatic heterocycles. The highest BCUT2D eigenvalue weighted by Gasteiger charge is 2.36. The van der Waals surface area contributed by atoms with E-state index in [1.165, 1.54) is 0 Å². The summed E-state index contributed by atoms with van der Waals surface area (Å²) >= 11 is 6.14. The van der Waals surface area contributed by atoms with E-state index in [1.54, 1.807) is 24.3 Å². The fraction of sp³-hybridized carbons (Fsp3) is 0.500. The summed E-state index contributed by atoms with van der Waals surface area (Å²) in [5, 5.41) is 12.4. The zero-order valence-corrected chi connectivity index (χ0v) is 13.2. The second-order valence-corrected chi connectivity index (χ2v) is 6.23. The number of nitrogens with one attached hydrogen (secondary N) is 1. The zero-order valence-electron chi connectivity index (χ0n) is 12.5. The molecule has 0 saturated carbocycles. The lowest BCUT2D eigenvalue weighted by molar-refractivity contribution is -0.139. The van der Waals surface area contributed by atoms with Gasteiger partial charge in [0.1, 0.15) is 0 Å². The molecule has 22 heavy (non-hydrogen) atoms. The summed E-state index contributed by atoms with van der Waals surface area (Å²) in [5.74, 6) is -1.13. The third-order valence-corrected chi connectivity index (χ3v) is 4.45. The highest BCUT2D eigenvalue weighted by atomic mass is 35.5. The van der Waals surface area contributed by atoms with E-state index in [0.29, 0.717) is 36.6 Å². The Hall–Kier alpha value is -1.59. The van der Waals surface area contributed by atoms with Gasteiger partial charge in [0.2, 0.25) is 5.91 Å². The van der Waals surface area contributed by atoms with E-state index in [9.17, 15) is 9.59 Å². The van der Waals surface area contributed by atoms with Crippen molar-refractivity contribution in [2.75, 3.05) is 13.2 Å². The van der Waals surface area contributed by atoms with Crippen molar-refractivity contribution in [3.05, 3.63) is 34.9 Å². The fourth-order valence-electron chi connectivity index (χ4n) is 2.55. The summed E-state index contributed by atoms with van der Waals surface area (Å²) in [6, 6.07) is 6.33. The Labute approximate surface area is 134 Å². The Bertz CT molecular complexity index is 555. The minimum Gasteiger partial charge on any atom is -0.481 e. The summed E-state index contributed by atoms with van der Waals surface area (Å²) in [6.07, 6.45) is 1.05. The van der Waals surface area contributed by atoms with E-state index in [4.69, 9.17) is 21.4 Å². The third kappa shape index (κ3) is 3.99. The first-order chi connectivity index (χ1) is 10.4. The molecule has 0 bridgehead atoms. The molecule has 0 spiro atoms. The van der Waals surface area contributed by atoms with Crippen molar-refractivity contribution in [3.8, 4) is 0 Å². The van der Waals surface area contributed by atoms with E-state index in [2.05, 4.69) is 5.32 Å². The first-order valence-electron chi connectivity index (χ1n) is 7.27. The molecule has 1 aromatic rings. The Kier molecular flexibility index (Phi) is 5.42. The van der Waals surface area contributed by atoms with Gasteiger partial charge in [-0.3, -0.25) is 9.59 Å². The lowest BCUT2D eigenvalue weighted by Crippen LogP contribution is -2.44. The maximum absolute atomic E-state index is 12.6. The third-order valence-electron chi connectivity index (χ3n) is 4.11. The van der Waals surface area contributed by atoms with E-state index in [0.717, 1.165) is 0 Å². The van der Waals surface area contributed by atoms with E-state index in [1.807, 2.05) is 6.92 Å². The van der Waals surface area contributed by atoms with Crippen LogP contribution in [0.25, 0.3) is 0 Å². The number of carboxylic acids is 1. The lowest BCUT2D eigenvalue weighted by atomic mass is 9.81. The van der Waals surface area contributed by atoms with Crippen LogP contribution < -0.4 is 5.32 Å². The summed E-state index contributed by atoms with van der Waals surface area (Å²) in [4.78, 5) is 23.7. The average molecular weight is 326 g/mol. The van der Waals surface area contributed by atoms with Crippen molar-refractivity contribution in [2.45, 2.75) is 32.2 Å². The van der Waals surface area contributed by atoms with Gasteiger partial charge in [-0.2, -0.15) is 0 Å². The molecule has 1 amide bonds. The Balaban J connectivity index is 2.18. The molecule has 1 saturated heterocycles. The van der Waals surface area contributed by atoms with Crippen LogP contribution in [-0.2, 0) is 14.3 Å². The second-order valence-electron chi connectivity index (χ2n) is 5.82. The normalized spacial score (nSPS) is 18.5. The Morgan fingerprint density at radius 3 is 2.59 bits per heavy atom. The number of rotatable bonds is 5. The number of hydrogen-bond donors (Lipinski definition) is 2. The van der Waals surface area contributed by atoms with Crippen LogP contribution in [0.1, 0.15) is 37.8 Å². The molecule has 1 fully saturated rings. The van der Waals surface area contributed by atoms with Gasteiger partial charge in [-0.15, -0.1) is 0 Å². The van der Waals surface area contributed by atoms with Crippen LogP contribution in [0.4, 0.5) is 0 Å². The number of ether oxygens (including phenoxy) is 1. The largest absolute Gasteiger partial charge is 0.481 e. The van der Waals surface area contributed by atoms with Gasteiger partial charge in [0.15, 0.2) is 0 Å². The molecule has 1 unspecified atom stereocenters. The number of benzene rings is 1. The predicted octanol–water partition coefficient (Wildman–Crippen LogP) is 2.79. The van der Waals surface area contributed by atoms with Crippen molar-refractivity contribution >= 4 is 23.5 Å². The highest BCUT2D eigenvalue weighted by Crippen LogP contribution is 2.32. The molecule has 1 aromatic carbocycles. The minimum absolute atomic E-state index is 0.151. The first kappa shape index (κ1) is 16.8. The maximum atomic E-state index is 12.6. The summed E-state index contributed by atoms with van der Waals surface area (Å²) in [5.41, 5.74) is 0.0894. The van der Waals surface area contributed by atoms with Gasteiger partial charge >= 0.3 is 5.97 Å². The quantitative estimate of drug-likeness (QED) is 0.873. The maximum Gasteiger partial charge on any atom is 0.305 e. The lowest BCUT2D eigenvalue weighted by Gasteiger charge is -2.33. The monoisotopic (exact) mass is 325 g/mol. The van der Waals surface area contributed by atoms with Crippen molar-refractivity contribution < 1.29 is 19.4 Å². The van der Waals surface area contributed by atoms with Gasteiger partial charge in [0.05, 0.1) is 17.9 Å². The fourth-order valence-corrected chi connectivity index (χ4v) is 2.82. The number of hydrogen-bond acceptors (Lipinski definition) is 3. The van der Waals surface area contributed by atoms with Crippen molar-refractivity contribution in [2.24, 2.45) is 5.41 Å². The number of carbonyl (C=O) groups excluding carboxylic acids is 1. The van der Waals surface area contributed by atoms with Gasteiger partial charge in [0.25, 0.3) is 0 Å². The molecule has 1 heterocycles. The van der Waals surface area contributed by atoms with Gasteiger partial charge in [0, 0.05) is 18.2 Å². The first-order valence-corrected chi connectivity index (χ1v) is 7.65. The topological polar surface area (TPSA) is 75.6 Å². The van der Waals surface area contributed by atoms with Gasteiger partial charge < -0.3 is 15.2 Å². The molecule has 0 aliphatic carbocycles. The molecule has 1 atom stereocenters. The summed E-state index contributed by atoms with van der Waals surface area (Å²) < 4.78 is 5.29. The van der Waals surface area contributed by atoms with Crippen molar-refractivity contribution in [1.29, 1.82) is 0 Å². The zero-order chi connectivity index (χ0) is 16.2. The predicted molar refractivity (Wildman–Crippen MR) is 82.7 cm³/mol. The highest BCUT2D eigenvalue weighted by molar-refractivity contribution is 6.31. The molecule has 5 nitrogen and oxygen atoms in total. The standard InChI is InChI=1S/C16H20ClNO4/c1-16(6-8-22-9-7-16)15(21)18-13(10-14(19)20)11-4-2-3-5-12(11)17/h2-5,13H,6-10H2,1H3,(H,18,21)(H,19,20). The van der Waals surface area contributed by atoms with Crippen LogP contribution in [0.15, 0.2) is 24.3 Å². The smallest absolute Gasteiger partial charge is 0.305 e. The summed E-state index contributed by atoms with van der Waals surface area (Å²) in [7, 11) is 0. The molecular weight excluding hydrogens is 306 g/mol. The molecule has 0 radical (unpaired) electrons. The van der Waals surface area contributed by atoms with Crippen LogP contribution in [0, 0.1) is 5.41 Å². The van der Waals surface area contributed by atoms with E-state index >= 15 is 0 Å². The summed E-state index contributed by atoms with van der Waals surface area (Å²) in [6.45, 7) is 2.97. The van der Waals surface area contributed by atoms with Gasteiger partial charge in [-0.05, 0) is 24.5 Å². The van der Waals surface area contributed by atoms with Crippen LogP contribution >= 0.6 is 11.6 Å². The number of carbonyl (C=O) groups is 2. The second kappa shape index (κ2) is 7.11.